The first-order valence-electron chi connectivity index (χ1n) is 9.12. The zero-order chi connectivity index (χ0) is 17.8. The number of nitrogens with one attached hydrogen (secondary N) is 1. The first-order chi connectivity index (χ1) is 12.1. The van der Waals surface area contributed by atoms with Crippen molar-refractivity contribution in [2.24, 2.45) is 5.92 Å². The van der Waals surface area contributed by atoms with Gasteiger partial charge in [-0.3, -0.25) is 9.59 Å². The third kappa shape index (κ3) is 4.12. The Balaban J connectivity index is 1.48. The topological polar surface area (TPSA) is 61.9 Å². The smallest absolute Gasteiger partial charge is 0.263 e. The Morgan fingerprint density at radius 3 is 2.24 bits per heavy atom. The second-order valence-electron chi connectivity index (χ2n) is 6.76. The molecule has 0 saturated carbocycles. The summed E-state index contributed by atoms with van der Waals surface area (Å²) in [6, 6.07) is 7.86. The van der Waals surface area contributed by atoms with E-state index in [2.05, 4.69) is 12.2 Å². The highest BCUT2D eigenvalue weighted by Crippen LogP contribution is 2.16. The monoisotopic (exact) mass is 345 g/mol. The van der Waals surface area contributed by atoms with Crippen molar-refractivity contribution in [2.45, 2.75) is 26.4 Å². The lowest BCUT2D eigenvalue weighted by molar-refractivity contribution is -0.146. The fraction of sp³-hybridized carbons (Fsp3) is 0.579. The van der Waals surface area contributed by atoms with Crippen molar-refractivity contribution in [3.8, 4) is 5.75 Å². The van der Waals surface area contributed by atoms with Gasteiger partial charge in [0.2, 0.25) is 5.91 Å². The van der Waals surface area contributed by atoms with Gasteiger partial charge in [0.15, 0.2) is 6.10 Å². The van der Waals surface area contributed by atoms with Gasteiger partial charge >= 0.3 is 0 Å². The molecule has 6 nitrogen and oxygen atoms in total. The zero-order valence-electron chi connectivity index (χ0n) is 15.0. The minimum Gasteiger partial charge on any atom is -0.481 e. The molecule has 25 heavy (non-hydrogen) atoms. The molecule has 2 amide bonds. The Bertz CT molecular complexity index is 605. The highest BCUT2D eigenvalue weighted by molar-refractivity contribution is 5.82. The van der Waals surface area contributed by atoms with Gasteiger partial charge in [0.05, 0.1) is 5.92 Å². The number of hydrogen-bond donors (Lipinski definition) is 1. The maximum atomic E-state index is 12.6. The van der Waals surface area contributed by atoms with Gasteiger partial charge in [0.1, 0.15) is 5.75 Å². The average molecular weight is 345 g/mol. The molecule has 0 aliphatic carbocycles. The molecule has 1 aromatic carbocycles. The Morgan fingerprint density at radius 2 is 1.72 bits per heavy atom. The van der Waals surface area contributed by atoms with Crippen LogP contribution in [0.5, 0.6) is 5.75 Å². The molecule has 1 atom stereocenters. The number of piperazine rings is 1. The molecule has 2 aliphatic rings. The molecule has 136 valence electrons. The Hall–Kier alpha value is -2.08. The maximum absolute atomic E-state index is 12.6. The predicted octanol–water partition coefficient (Wildman–Crippen LogP) is 0.907. The number of rotatable bonds is 5. The summed E-state index contributed by atoms with van der Waals surface area (Å²) in [5.41, 5.74) is 1.24. The number of nitrogens with zero attached hydrogens (tertiary/aromatic N) is 2. The van der Waals surface area contributed by atoms with Gasteiger partial charge in [-0.15, -0.1) is 0 Å². The number of benzene rings is 1. The van der Waals surface area contributed by atoms with Crippen LogP contribution in [-0.2, 0) is 16.0 Å². The van der Waals surface area contributed by atoms with Gasteiger partial charge in [0, 0.05) is 39.3 Å². The zero-order valence-corrected chi connectivity index (χ0v) is 15.0. The van der Waals surface area contributed by atoms with E-state index in [4.69, 9.17) is 4.74 Å². The molecule has 1 unspecified atom stereocenters. The van der Waals surface area contributed by atoms with Crippen molar-refractivity contribution in [1.82, 2.24) is 15.1 Å². The molecule has 2 saturated heterocycles. The van der Waals surface area contributed by atoms with Gasteiger partial charge in [0.25, 0.3) is 5.91 Å². The lowest BCUT2D eigenvalue weighted by atomic mass is 10.0. The van der Waals surface area contributed by atoms with Crippen molar-refractivity contribution in [3.63, 3.8) is 0 Å². The van der Waals surface area contributed by atoms with Crippen molar-refractivity contribution < 1.29 is 14.3 Å². The summed E-state index contributed by atoms with van der Waals surface area (Å²) in [6.07, 6.45) is 0.458. The first-order valence-corrected chi connectivity index (χ1v) is 9.12. The summed E-state index contributed by atoms with van der Waals surface area (Å²) in [7, 11) is 0. The molecule has 1 aromatic rings. The summed E-state index contributed by atoms with van der Waals surface area (Å²) in [5.74, 6) is 1.03. The molecule has 3 rings (SSSR count). The quantitative estimate of drug-likeness (QED) is 0.862. The van der Waals surface area contributed by atoms with Crippen molar-refractivity contribution in [1.29, 1.82) is 0 Å². The molecule has 1 N–H and O–H groups in total. The van der Waals surface area contributed by atoms with E-state index in [9.17, 15) is 9.59 Å². The Morgan fingerprint density at radius 1 is 1.12 bits per heavy atom. The number of aryl methyl sites for hydroxylation is 1. The van der Waals surface area contributed by atoms with Crippen LogP contribution in [0.3, 0.4) is 0 Å². The van der Waals surface area contributed by atoms with Crippen LogP contribution in [0.25, 0.3) is 0 Å². The largest absolute Gasteiger partial charge is 0.481 e. The molecule has 0 spiro atoms. The van der Waals surface area contributed by atoms with E-state index in [0.29, 0.717) is 31.9 Å². The average Bonchev–Trinajstić information content (AvgIpc) is 2.60. The summed E-state index contributed by atoms with van der Waals surface area (Å²) in [5, 5.41) is 3.12. The molecule has 0 bridgehead atoms. The molecule has 6 heteroatoms. The minimum atomic E-state index is -0.523. The van der Waals surface area contributed by atoms with Crippen LogP contribution in [0, 0.1) is 5.92 Å². The minimum absolute atomic E-state index is 0.0167. The molecule has 0 aromatic heterocycles. The van der Waals surface area contributed by atoms with Crippen molar-refractivity contribution in [2.75, 3.05) is 39.3 Å². The van der Waals surface area contributed by atoms with Crippen LogP contribution in [-0.4, -0.2) is 67.0 Å². The molecular formula is C19H27N3O3. The fourth-order valence-corrected chi connectivity index (χ4v) is 3.18. The highest BCUT2D eigenvalue weighted by atomic mass is 16.5. The Labute approximate surface area is 149 Å². The van der Waals surface area contributed by atoms with Crippen LogP contribution in [0.1, 0.15) is 19.4 Å². The van der Waals surface area contributed by atoms with Gasteiger partial charge in [-0.1, -0.05) is 19.1 Å². The third-order valence-corrected chi connectivity index (χ3v) is 5.03. The van der Waals surface area contributed by atoms with Crippen LogP contribution in [0.2, 0.25) is 0 Å². The molecular weight excluding hydrogens is 318 g/mol. The van der Waals surface area contributed by atoms with Crippen LogP contribution in [0.4, 0.5) is 0 Å². The summed E-state index contributed by atoms with van der Waals surface area (Å²) < 4.78 is 5.79. The molecule has 2 aliphatic heterocycles. The van der Waals surface area contributed by atoms with E-state index in [1.807, 2.05) is 29.2 Å². The normalized spacial score (nSPS) is 19.3. The van der Waals surface area contributed by atoms with E-state index >= 15 is 0 Å². The van der Waals surface area contributed by atoms with Crippen LogP contribution in [0.15, 0.2) is 24.3 Å². The number of carbonyl (C=O) groups excluding carboxylic acids is 2. The van der Waals surface area contributed by atoms with E-state index in [-0.39, 0.29) is 17.7 Å². The number of amides is 2. The maximum Gasteiger partial charge on any atom is 0.263 e. The Kier molecular flexibility index (Phi) is 5.58. The van der Waals surface area contributed by atoms with E-state index in [1.54, 1.807) is 11.8 Å². The first kappa shape index (κ1) is 17.7. The van der Waals surface area contributed by atoms with E-state index < -0.39 is 6.10 Å². The third-order valence-electron chi connectivity index (χ3n) is 5.03. The summed E-state index contributed by atoms with van der Waals surface area (Å²) in [6.45, 7) is 7.82. The van der Waals surface area contributed by atoms with Crippen LogP contribution >= 0.6 is 0 Å². The van der Waals surface area contributed by atoms with Gasteiger partial charge in [-0.25, -0.2) is 0 Å². The second kappa shape index (κ2) is 7.87. The molecule has 2 heterocycles. The van der Waals surface area contributed by atoms with E-state index in [0.717, 1.165) is 19.5 Å². The highest BCUT2D eigenvalue weighted by Gasteiger charge is 2.33. The predicted molar refractivity (Wildman–Crippen MR) is 95.4 cm³/mol. The lowest BCUT2D eigenvalue weighted by Gasteiger charge is -2.39. The molecule has 0 radical (unpaired) electrons. The van der Waals surface area contributed by atoms with Crippen LogP contribution < -0.4 is 10.1 Å². The van der Waals surface area contributed by atoms with Crippen molar-refractivity contribution >= 4 is 11.8 Å². The lowest BCUT2D eigenvalue weighted by Crippen LogP contribution is -2.58. The fourth-order valence-electron chi connectivity index (χ4n) is 3.18. The molecule has 2 fully saturated rings. The van der Waals surface area contributed by atoms with Gasteiger partial charge in [-0.05, 0) is 31.0 Å². The number of carbonyl (C=O) groups is 2. The van der Waals surface area contributed by atoms with E-state index in [1.165, 1.54) is 5.56 Å². The standard InChI is InChI=1S/C19H27N3O3/c1-3-15-4-6-17(7-5-15)25-14(2)18(23)21-8-10-22(11-9-21)19(24)16-12-20-13-16/h4-7,14,16,20H,3,8-13H2,1-2H3. The van der Waals surface area contributed by atoms with Gasteiger partial charge in [-0.2, -0.15) is 0 Å². The summed E-state index contributed by atoms with van der Waals surface area (Å²) in [4.78, 5) is 28.5. The van der Waals surface area contributed by atoms with Gasteiger partial charge < -0.3 is 19.9 Å². The number of ether oxygens (including phenoxy) is 1. The summed E-state index contributed by atoms with van der Waals surface area (Å²) >= 11 is 0. The number of hydrogen-bond acceptors (Lipinski definition) is 4. The van der Waals surface area contributed by atoms with Crippen molar-refractivity contribution in [3.05, 3.63) is 29.8 Å². The second-order valence-corrected chi connectivity index (χ2v) is 6.76. The SMILES string of the molecule is CCc1ccc(OC(C)C(=O)N2CCN(C(=O)C3CNC3)CC2)cc1.